The molecule has 8 nitrogen and oxygen atoms in total. The molecule has 0 saturated carbocycles. The van der Waals surface area contributed by atoms with E-state index in [1.807, 2.05) is 22.6 Å². The van der Waals surface area contributed by atoms with Crippen LogP contribution >= 0.6 is 22.6 Å². The lowest BCUT2D eigenvalue weighted by Gasteiger charge is -2.33. The summed E-state index contributed by atoms with van der Waals surface area (Å²) in [7, 11) is 0. The molecule has 1 aromatic heterocycles. The molecule has 1 fully saturated rings. The predicted octanol–water partition coefficient (Wildman–Crippen LogP) is -0.155. The van der Waals surface area contributed by atoms with E-state index in [1.54, 1.807) is 0 Å². The van der Waals surface area contributed by atoms with Gasteiger partial charge in [-0.15, -0.1) is 0 Å². The Morgan fingerprint density at radius 2 is 2.29 bits per heavy atom. The number of aliphatic hydroxyl groups is 2. The van der Waals surface area contributed by atoms with Crippen LogP contribution in [0.2, 0.25) is 0 Å². The van der Waals surface area contributed by atoms with Crippen LogP contribution in [-0.4, -0.2) is 47.4 Å². The lowest BCUT2D eigenvalue weighted by molar-refractivity contribution is -0.399. The van der Waals surface area contributed by atoms with E-state index in [-0.39, 0.29) is 10.5 Å². The van der Waals surface area contributed by atoms with Crippen molar-refractivity contribution < 1.29 is 19.9 Å². The van der Waals surface area contributed by atoms with Gasteiger partial charge in [-0.25, -0.2) is 0 Å². The minimum Gasteiger partial charge on any atom is -0.390 e. The number of nitro groups is 1. The summed E-state index contributed by atoms with van der Waals surface area (Å²) in [6, 6.07) is 0. The number of ether oxygens (including phenoxy) is 1. The lowest BCUT2D eigenvalue weighted by atomic mass is 10.1. The van der Waals surface area contributed by atoms with E-state index in [4.69, 9.17) is 4.74 Å². The Morgan fingerprint density at radius 1 is 1.59 bits per heavy atom. The standard InChI is InChI=1S/C8H10IN3O5/c9-4-3-17-7(6(14)5(4)13)11-2-1-10-8(11)12(15)16/h1-2,4-7,13-14H,3H2/t4-,5+,6-,7+/m0/s1. The van der Waals surface area contributed by atoms with E-state index in [2.05, 4.69) is 4.98 Å². The average Bonchev–Trinajstić information content (AvgIpc) is 2.75. The highest BCUT2D eigenvalue weighted by molar-refractivity contribution is 14.1. The first-order valence-electron chi connectivity index (χ1n) is 4.81. The molecule has 9 heteroatoms. The normalized spacial score (nSPS) is 33.6. The molecule has 0 aliphatic carbocycles. The van der Waals surface area contributed by atoms with Gasteiger partial charge in [0.25, 0.3) is 0 Å². The van der Waals surface area contributed by atoms with Crippen LogP contribution in [0.1, 0.15) is 6.23 Å². The van der Waals surface area contributed by atoms with Crippen molar-refractivity contribution in [3.8, 4) is 0 Å². The van der Waals surface area contributed by atoms with Crippen molar-refractivity contribution in [2.45, 2.75) is 22.4 Å². The first kappa shape index (κ1) is 12.7. The van der Waals surface area contributed by atoms with Gasteiger partial charge in [0.1, 0.15) is 18.5 Å². The third-order valence-corrected chi connectivity index (χ3v) is 3.62. The van der Waals surface area contributed by atoms with E-state index in [0.29, 0.717) is 0 Å². The molecular formula is C8H10IN3O5. The van der Waals surface area contributed by atoms with Gasteiger partial charge in [0.2, 0.25) is 6.23 Å². The van der Waals surface area contributed by atoms with E-state index < -0.39 is 29.3 Å². The van der Waals surface area contributed by atoms with Gasteiger partial charge in [0, 0.05) is 0 Å². The summed E-state index contributed by atoms with van der Waals surface area (Å²) in [6.07, 6.45) is -0.614. The first-order chi connectivity index (χ1) is 8.02. The van der Waals surface area contributed by atoms with Gasteiger partial charge in [-0.1, -0.05) is 27.6 Å². The monoisotopic (exact) mass is 355 g/mol. The Hall–Kier alpha value is -0.780. The van der Waals surface area contributed by atoms with Gasteiger partial charge >= 0.3 is 5.95 Å². The molecule has 1 aromatic rings. The van der Waals surface area contributed by atoms with Crippen molar-refractivity contribution >= 4 is 28.5 Å². The number of nitrogens with zero attached hydrogens (tertiary/aromatic N) is 3. The number of halogens is 1. The van der Waals surface area contributed by atoms with Crippen LogP contribution in [0.25, 0.3) is 0 Å². The van der Waals surface area contributed by atoms with Crippen molar-refractivity contribution in [3.05, 3.63) is 22.5 Å². The van der Waals surface area contributed by atoms with Crippen molar-refractivity contribution in [1.29, 1.82) is 0 Å². The van der Waals surface area contributed by atoms with Gasteiger partial charge in [0.05, 0.1) is 16.6 Å². The molecule has 0 spiro atoms. The van der Waals surface area contributed by atoms with Gasteiger partial charge in [-0.3, -0.25) is 0 Å². The summed E-state index contributed by atoms with van der Waals surface area (Å²) >= 11 is 1.95. The molecular weight excluding hydrogens is 345 g/mol. The van der Waals surface area contributed by atoms with Crippen LogP contribution in [0, 0.1) is 10.1 Å². The van der Waals surface area contributed by atoms with Crippen molar-refractivity contribution in [2.24, 2.45) is 0 Å². The van der Waals surface area contributed by atoms with E-state index >= 15 is 0 Å². The maximum absolute atomic E-state index is 10.7. The Balaban J connectivity index is 2.28. The van der Waals surface area contributed by atoms with Crippen molar-refractivity contribution in [2.75, 3.05) is 6.61 Å². The Morgan fingerprint density at radius 3 is 2.94 bits per heavy atom. The third kappa shape index (κ3) is 2.27. The van der Waals surface area contributed by atoms with Gasteiger partial charge in [-0.2, -0.15) is 4.57 Å². The summed E-state index contributed by atoms with van der Waals surface area (Å²) in [5, 5.41) is 30.2. The maximum Gasteiger partial charge on any atom is 0.436 e. The van der Waals surface area contributed by atoms with Crippen LogP contribution in [0.5, 0.6) is 0 Å². The Bertz CT molecular complexity index is 425. The fourth-order valence-electron chi connectivity index (χ4n) is 1.66. The highest BCUT2D eigenvalue weighted by atomic mass is 127. The van der Waals surface area contributed by atoms with Gasteiger partial charge in [0.15, 0.2) is 0 Å². The second-order valence-corrected chi connectivity index (χ2v) is 5.21. The van der Waals surface area contributed by atoms with Crippen LogP contribution < -0.4 is 0 Å². The van der Waals surface area contributed by atoms with Crippen LogP contribution in [0.3, 0.4) is 0 Å². The summed E-state index contributed by atoms with van der Waals surface area (Å²) in [5.41, 5.74) is 0. The molecule has 0 bridgehead atoms. The molecule has 1 aliphatic rings. The molecule has 0 aromatic carbocycles. The van der Waals surface area contributed by atoms with E-state index in [0.717, 1.165) is 4.57 Å². The van der Waals surface area contributed by atoms with Crippen molar-refractivity contribution in [3.63, 3.8) is 0 Å². The zero-order valence-corrected chi connectivity index (χ0v) is 10.7. The number of hydrogen-bond donors (Lipinski definition) is 2. The molecule has 0 amide bonds. The number of aliphatic hydroxyl groups excluding tert-OH is 2. The number of alkyl halides is 1. The minimum atomic E-state index is -1.22. The molecule has 2 rings (SSSR count). The summed E-state index contributed by atoms with van der Waals surface area (Å²) in [6.45, 7) is 0.207. The fraction of sp³-hybridized carbons (Fsp3) is 0.625. The number of rotatable bonds is 2. The third-order valence-electron chi connectivity index (χ3n) is 2.52. The summed E-state index contributed by atoms with van der Waals surface area (Å²) in [5.74, 6) is -0.423. The first-order valence-corrected chi connectivity index (χ1v) is 6.06. The molecule has 2 N–H and O–H groups in total. The molecule has 0 unspecified atom stereocenters. The summed E-state index contributed by atoms with van der Waals surface area (Å²) < 4.78 is 6.17. The van der Waals surface area contributed by atoms with Gasteiger partial charge in [-0.05, 0) is 4.92 Å². The average molecular weight is 355 g/mol. The molecule has 17 heavy (non-hydrogen) atoms. The molecule has 94 valence electrons. The molecule has 2 heterocycles. The second-order valence-electron chi connectivity index (χ2n) is 3.61. The SMILES string of the molecule is O=[N+]([O-])c1nccn1[C@@H]1OC[C@H](I)[C@@H](O)[C@@H]1O. The Kier molecular flexibility index (Phi) is 3.61. The lowest BCUT2D eigenvalue weighted by Crippen LogP contribution is -2.48. The smallest absolute Gasteiger partial charge is 0.390 e. The van der Waals surface area contributed by atoms with Crippen LogP contribution in [0.15, 0.2) is 12.4 Å². The molecule has 4 atom stereocenters. The number of imidazole rings is 1. The summed E-state index contributed by atoms with van der Waals surface area (Å²) in [4.78, 5) is 13.6. The largest absolute Gasteiger partial charge is 0.436 e. The van der Waals surface area contributed by atoms with Gasteiger partial charge < -0.3 is 25.1 Å². The number of hydrogen-bond acceptors (Lipinski definition) is 6. The van der Waals surface area contributed by atoms with E-state index in [1.165, 1.54) is 12.4 Å². The zero-order valence-electron chi connectivity index (χ0n) is 8.51. The molecule has 0 radical (unpaired) electrons. The quantitative estimate of drug-likeness (QED) is 0.330. The fourth-order valence-corrected chi connectivity index (χ4v) is 2.29. The minimum absolute atomic E-state index is 0.207. The Labute approximate surface area is 110 Å². The molecule has 1 saturated heterocycles. The second kappa shape index (κ2) is 4.84. The predicted molar refractivity (Wildman–Crippen MR) is 63.7 cm³/mol. The zero-order chi connectivity index (χ0) is 12.6. The van der Waals surface area contributed by atoms with Crippen LogP contribution in [0.4, 0.5) is 5.95 Å². The maximum atomic E-state index is 10.7. The topological polar surface area (TPSA) is 111 Å². The highest BCUT2D eigenvalue weighted by Gasteiger charge is 2.41. The molecule has 1 aliphatic heterocycles. The van der Waals surface area contributed by atoms with Crippen LogP contribution in [-0.2, 0) is 4.74 Å². The van der Waals surface area contributed by atoms with E-state index in [9.17, 15) is 20.3 Å². The van der Waals surface area contributed by atoms with Crippen molar-refractivity contribution in [1.82, 2.24) is 9.55 Å². The number of aromatic nitrogens is 2. The highest BCUT2D eigenvalue weighted by Crippen LogP contribution is 2.30.